The molecule has 0 aliphatic heterocycles. The molecule has 0 radical (unpaired) electrons. The Morgan fingerprint density at radius 1 is 0.955 bits per heavy atom. The molecule has 118 valence electrons. The summed E-state index contributed by atoms with van der Waals surface area (Å²) < 4.78 is 11.1. The highest BCUT2D eigenvalue weighted by Gasteiger charge is 2.02. The Labute approximate surface area is 133 Å². The van der Waals surface area contributed by atoms with E-state index in [1.54, 1.807) is 7.11 Å². The molecule has 0 amide bonds. The first-order valence-electron chi connectivity index (χ1n) is 7.77. The lowest BCUT2D eigenvalue weighted by molar-refractivity contribution is 0.308. The third-order valence-electron chi connectivity index (χ3n) is 3.50. The minimum atomic E-state index is 0.746. The fourth-order valence-electron chi connectivity index (χ4n) is 2.31. The van der Waals surface area contributed by atoms with Gasteiger partial charge in [0.2, 0.25) is 0 Å². The molecule has 0 saturated carbocycles. The normalized spacial score (nSPS) is 10.3. The Hall–Kier alpha value is -2.16. The number of anilines is 1. The van der Waals surface area contributed by atoms with Crippen LogP contribution < -0.4 is 14.8 Å². The van der Waals surface area contributed by atoms with Crippen molar-refractivity contribution in [2.45, 2.75) is 26.7 Å². The number of methoxy groups -OCH3 is 1. The van der Waals surface area contributed by atoms with Crippen LogP contribution in [0, 0.1) is 13.8 Å². The summed E-state index contributed by atoms with van der Waals surface area (Å²) in [6.07, 6.45) is 2.08. The standard InChI is InChI=1S/C19H25NO2/c1-15-7-6-8-17(13-15)22-12-5-4-11-20-18-14-16(2)9-10-19(18)21-3/h6-10,13-14,20H,4-5,11-12H2,1-3H3. The molecule has 0 spiro atoms. The smallest absolute Gasteiger partial charge is 0.141 e. The monoisotopic (exact) mass is 299 g/mol. The van der Waals surface area contributed by atoms with Gasteiger partial charge in [-0.3, -0.25) is 0 Å². The fraction of sp³-hybridized carbons (Fsp3) is 0.368. The number of hydrogen-bond donors (Lipinski definition) is 1. The summed E-state index contributed by atoms with van der Waals surface area (Å²) in [7, 11) is 1.70. The summed E-state index contributed by atoms with van der Waals surface area (Å²) in [5.41, 5.74) is 3.51. The number of unbranched alkanes of at least 4 members (excludes halogenated alkanes) is 1. The number of aryl methyl sites for hydroxylation is 2. The Morgan fingerprint density at radius 2 is 1.77 bits per heavy atom. The van der Waals surface area contributed by atoms with E-state index in [9.17, 15) is 0 Å². The van der Waals surface area contributed by atoms with Crippen molar-refractivity contribution < 1.29 is 9.47 Å². The molecule has 1 N–H and O–H groups in total. The fourth-order valence-corrected chi connectivity index (χ4v) is 2.31. The van der Waals surface area contributed by atoms with Gasteiger partial charge in [-0.2, -0.15) is 0 Å². The molecule has 2 aromatic carbocycles. The summed E-state index contributed by atoms with van der Waals surface area (Å²) in [6, 6.07) is 14.3. The van der Waals surface area contributed by atoms with Gasteiger partial charge in [-0.25, -0.2) is 0 Å². The number of hydrogen-bond acceptors (Lipinski definition) is 3. The van der Waals surface area contributed by atoms with Crippen LogP contribution in [0.25, 0.3) is 0 Å². The molecule has 0 bridgehead atoms. The Kier molecular flexibility index (Phi) is 6.13. The molecule has 0 atom stereocenters. The molecule has 0 saturated heterocycles. The van der Waals surface area contributed by atoms with Crippen LogP contribution in [0.4, 0.5) is 5.69 Å². The van der Waals surface area contributed by atoms with Crippen molar-refractivity contribution in [3.8, 4) is 11.5 Å². The zero-order chi connectivity index (χ0) is 15.8. The van der Waals surface area contributed by atoms with Gasteiger partial charge in [-0.05, 0) is 62.1 Å². The van der Waals surface area contributed by atoms with Crippen molar-refractivity contribution in [1.82, 2.24) is 0 Å². The second-order valence-electron chi connectivity index (χ2n) is 5.50. The van der Waals surface area contributed by atoms with Crippen molar-refractivity contribution in [3.63, 3.8) is 0 Å². The summed E-state index contributed by atoms with van der Waals surface area (Å²) >= 11 is 0. The number of ether oxygens (including phenoxy) is 2. The van der Waals surface area contributed by atoms with Crippen molar-refractivity contribution in [2.24, 2.45) is 0 Å². The highest BCUT2D eigenvalue weighted by atomic mass is 16.5. The highest BCUT2D eigenvalue weighted by Crippen LogP contribution is 2.25. The number of nitrogens with one attached hydrogen (secondary N) is 1. The lowest BCUT2D eigenvalue weighted by atomic mass is 10.2. The lowest BCUT2D eigenvalue weighted by Crippen LogP contribution is -2.06. The van der Waals surface area contributed by atoms with Gasteiger partial charge in [0.1, 0.15) is 11.5 Å². The van der Waals surface area contributed by atoms with Crippen LogP contribution in [0.3, 0.4) is 0 Å². The van der Waals surface area contributed by atoms with Gasteiger partial charge < -0.3 is 14.8 Å². The third kappa shape index (κ3) is 4.99. The minimum Gasteiger partial charge on any atom is -0.495 e. The molecule has 0 aromatic heterocycles. The second kappa shape index (κ2) is 8.32. The van der Waals surface area contributed by atoms with Crippen LogP contribution in [0.5, 0.6) is 11.5 Å². The van der Waals surface area contributed by atoms with Crippen molar-refractivity contribution in [1.29, 1.82) is 0 Å². The Bertz CT molecular complexity index is 596. The van der Waals surface area contributed by atoms with E-state index < -0.39 is 0 Å². The molecule has 2 rings (SSSR count). The molecular weight excluding hydrogens is 274 g/mol. The molecule has 22 heavy (non-hydrogen) atoms. The predicted molar refractivity (Wildman–Crippen MR) is 92.1 cm³/mol. The zero-order valence-corrected chi connectivity index (χ0v) is 13.7. The predicted octanol–water partition coefficient (Wildman–Crippen LogP) is 4.58. The van der Waals surface area contributed by atoms with Gasteiger partial charge in [-0.15, -0.1) is 0 Å². The van der Waals surface area contributed by atoms with Crippen LogP contribution in [0.1, 0.15) is 24.0 Å². The van der Waals surface area contributed by atoms with E-state index in [0.29, 0.717) is 0 Å². The SMILES string of the molecule is COc1ccc(C)cc1NCCCCOc1cccc(C)c1. The number of rotatable bonds is 8. The van der Waals surface area contributed by atoms with E-state index >= 15 is 0 Å². The average molecular weight is 299 g/mol. The quantitative estimate of drug-likeness (QED) is 0.724. The van der Waals surface area contributed by atoms with E-state index in [0.717, 1.165) is 43.2 Å². The first-order valence-corrected chi connectivity index (χ1v) is 7.77. The molecule has 0 fully saturated rings. The summed E-state index contributed by atoms with van der Waals surface area (Å²) in [5.74, 6) is 1.84. The van der Waals surface area contributed by atoms with E-state index in [-0.39, 0.29) is 0 Å². The average Bonchev–Trinajstić information content (AvgIpc) is 2.51. The number of benzene rings is 2. The van der Waals surface area contributed by atoms with Gasteiger partial charge in [-0.1, -0.05) is 18.2 Å². The van der Waals surface area contributed by atoms with Crippen LogP contribution in [-0.2, 0) is 0 Å². The van der Waals surface area contributed by atoms with Crippen LogP contribution >= 0.6 is 0 Å². The summed E-state index contributed by atoms with van der Waals surface area (Å²) in [5, 5.41) is 3.43. The highest BCUT2D eigenvalue weighted by molar-refractivity contribution is 5.57. The summed E-state index contributed by atoms with van der Waals surface area (Å²) in [6.45, 7) is 5.82. The van der Waals surface area contributed by atoms with Gasteiger partial charge >= 0.3 is 0 Å². The molecule has 0 aliphatic rings. The molecule has 0 heterocycles. The van der Waals surface area contributed by atoms with E-state index in [1.807, 2.05) is 18.2 Å². The maximum Gasteiger partial charge on any atom is 0.141 e. The molecule has 3 nitrogen and oxygen atoms in total. The Balaban J connectivity index is 1.68. The molecular formula is C19H25NO2. The minimum absolute atomic E-state index is 0.746. The molecule has 2 aromatic rings. The first-order chi connectivity index (χ1) is 10.7. The van der Waals surface area contributed by atoms with E-state index in [4.69, 9.17) is 9.47 Å². The maximum atomic E-state index is 5.75. The molecule has 0 aliphatic carbocycles. The van der Waals surface area contributed by atoms with Gasteiger partial charge in [0.25, 0.3) is 0 Å². The first kappa shape index (κ1) is 16.2. The van der Waals surface area contributed by atoms with Crippen molar-refractivity contribution >= 4 is 5.69 Å². The van der Waals surface area contributed by atoms with Gasteiger partial charge in [0.15, 0.2) is 0 Å². The van der Waals surface area contributed by atoms with Crippen molar-refractivity contribution in [2.75, 3.05) is 25.6 Å². The third-order valence-corrected chi connectivity index (χ3v) is 3.50. The van der Waals surface area contributed by atoms with Crippen LogP contribution in [-0.4, -0.2) is 20.3 Å². The van der Waals surface area contributed by atoms with Gasteiger partial charge in [0, 0.05) is 6.54 Å². The van der Waals surface area contributed by atoms with Crippen LogP contribution in [0.15, 0.2) is 42.5 Å². The van der Waals surface area contributed by atoms with E-state index in [1.165, 1.54) is 11.1 Å². The molecule has 0 unspecified atom stereocenters. The summed E-state index contributed by atoms with van der Waals surface area (Å²) in [4.78, 5) is 0. The zero-order valence-electron chi connectivity index (χ0n) is 13.7. The van der Waals surface area contributed by atoms with Crippen LogP contribution in [0.2, 0.25) is 0 Å². The largest absolute Gasteiger partial charge is 0.495 e. The lowest BCUT2D eigenvalue weighted by Gasteiger charge is -2.12. The Morgan fingerprint density at radius 3 is 2.55 bits per heavy atom. The second-order valence-corrected chi connectivity index (χ2v) is 5.50. The van der Waals surface area contributed by atoms with Crippen molar-refractivity contribution in [3.05, 3.63) is 53.6 Å². The maximum absolute atomic E-state index is 5.75. The topological polar surface area (TPSA) is 30.5 Å². The van der Waals surface area contributed by atoms with E-state index in [2.05, 4.69) is 43.4 Å². The van der Waals surface area contributed by atoms with Gasteiger partial charge in [0.05, 0.1) is 19.4 Å². The molecule has 3 heteroatoms.